The van der Waals surface area contributed by atoms with E-state index in [1.165, 1.54) is 36.1 Å². The van der Waals surface area contributed by atoms with E-state index in [-0.39, 0.29) is 17.5 Å². The summed E-state index contributed by atoms with van der Waals surface area (Å²) in [6, 6.07) is 19.0. The van der Waals surface area contributed by atoms with Gasteiger partial charge in [0.15, 0.2) is 0 Å². The maximum Gasteiger partial charge on any atom is 0.264 e. The number of aryl methyl sites for hydroxylation is 2. The summed E-state index contributed by atoms with van der Waals surface area (Å²) in [7, 11) is -4.07. The molecule has 1 aliphatic rings. The number of fused-ring (bicyclic) bond motifs is 1. The van der Waals surface area contributed by atoms with Gasteiger partial charge in [0.1, 0.15) is 12.4 Å². The van der Waals surface area contributed by atoms with Crippen molar-refractivity contribution in [2.45, 2.75) is 43.5 Å². The largest absolute Gasteiger partial charge is 0.348 e. The van der Waals surface area contributed by atoms with Crippen LogP contribution < -0.4 is 9.62 Å². The number of carbonyl (C=O) groups excluding carboxylic acids is 1. The lowest BCUT2D eigenvalue weighted by Gasteiger charge is -2.25. The first-order chi connectivity index (χ1) is 15.8. The number of hydrogen-bond donors (Lipinski definition) is 1. The molecule has 7 heteroatoms. The molecule has 0 heterocycles. The molecule has 5 nitrogen and oxygen atoms in total. The quantitative estimate of drug-likeness (QED) is 0.545. The Morgan fingerprint density at radius 1 is 0.970 bits per heavy atom. The second-order valence-electron chi connectivity index (χ2n) is 8.33. The number of carbonyl (C=O) groups is 1. The molecule has 1 aliphatic carbocycles. The van der Waals surface area contributed by atoms with Crippen molar-refractivity contribution in [2.24, 2.45) is 0 Å². The van der Waals surface area contributed by atoms with Crippen molar-refractivity contribution < 1.29 is 17.6 Å². The van der Waals surface area contributed by atoms with Crippen molar-refractivity contribution in [3.8, 4) is 0 Å². The lowest BCUT2D eigenvalue weighted by molar-refractivity contribution is -0.120. The number of nitrogens with one attached hydrogen (secondary N) is 1. The minimum absolute atomic E-state index is 0.0803. The van der Waals surface area contributed by atoms with Crippen LogP contribution in [0, 0.1) is 5.82 Å². The lowest BCUT2D eigenvalue weighted by atomic mass is 9.89. The molecule has 0 aliphatic heterocycles. The highest BCUT2D eigenvalue weighted by atomic mass is 32.2. The zero-order valence-electron chi connectivity index (χ0n) is 18.5. The molecule has 3 aromatic carbocycles. The molecule has 3 aromatic rings. The van der Waals surface area contributed by atoms with Crippen molar-refractivity contribution >= 4 is 21.6 Å². The lowest BCUT2D eigenvalue weighted by Crippen LogP contribution is -2.41. The Balaban J connectivity index is 1.55. The van der Waals surface area contributed by atoms with Gasteiger partial charge >= 0.3 is 0 Å². The molecule has 0 spiro atoms. The van der Waals surface area contributed by atoms with Gasteiger partial charge in [-0.2, -0.15) is 0 Å². The van der Waals surface area contributed by atoms with Gasteiger partial charge in [-0.3, -0.25) is 9.10 Å². The van der Waals surface area contributed by atoms with Crippen LogP contribution in [0.3, 0.4) is 0 Å². The molecule has 1 atom stereocenters. The molecule has 0 saturated carbocycles. The van der Waals surface area contributed by atoms with E-state index in [0.717, 1.165) is 34.8 Å². The molecule has 33 heavy (non-hydrogen) atoms. The van der Waals surface area contributed by atoms with Crippen molar-refractivity contribution in [1.82, 2.24) is 5.32 Å². The SMILES string of the molecule is C[C@H](NC(=O)CN(c1ccccc1)S(=O)(=O)c1ccc(F)cc1)c1ccc2c(c1)CCCC2. The van der Waals surface area contributed by atoms with Gasteiger partial charge in [0.25, 0.3) is 10.0 Å². The first-order valence-corrected chi connectivity index (χ1v) is 12.5. The van der Waals surface area contributed by atoms with Gasteiger partial charge in [0, 0.05) is 0 Å². The predicted octanol–water partition coefficient (Wildman–Crippen LogP) is 4.78. The minimum atomic E-state index is -4.07. The average Bonchev–Trinajstić information content (AvgIpc) is 2.83. The van der Waals surface area contributed by atoms with Crippen LogP contribution in [-0.4, -0.2) is 20.9 Å². The fourth-order valence-electron chi connectivity index (χ4n) is 4.17. The fourth-order valence-corrected chi connectivity index (χ4v) is 5.59. The van der Waals surface area contributed by atoms with E-state index in [0.29, 0.717) is 5.69 Å². The van der Waals surface area contributed by atoms with Crippen LogP contribution in [0.2, 0.25) is 0 Å². The summed E-state index contributed by atoms with van der Waals surface area (Å²) in [5, 5.41) is 2.93. The van der Waals surface area contributed by atoms with Crippen LogP contribution in [0.1, 0.15) is 42.5 Å². The van der Waals surface area contributed by atoms with E-state index in [9.17, 15) is 17.6 Å². The van der Waals surface area contributed by atoms with E-state index in [1.807, 2.05) is 13.0 Å². The Hall–Kier alpha value is -3.19. The number of para-hydroxylation sites is 1. The Bertz CT molecular complexity index is 1230. The van der Waals surface area contributed by atoms with Crippen molar-refractivity contribution in [1.29, 1.82) is 0 Å². The Morgan fingerprint density at radius 2 is 1.64 bits per heavy atom. The monoisotopic (exact) mass is 466 g/mol. The van der Waals surface area contributed by atoms with Gasteiger partial charge in [-0.25, -0.2) is 12.8 Å². The van der Waals surface area contributed by atoms with Crippen LogP contribution in [0.25, 0.3) is 0 Å². The van der Waals surface area contributed by atoms with Crippen LogP contribution in [-0.2, 0) is 27.7 Å². The van der Waals surface area contributed by atoms with E-state index < -0.39 is 21.7 Å². The van der Waals surface area contributed by atoms with Gasteiger partial charge in [-0.1, -0.05) is 36.4 Å². The molecule has 1 N–H and O–H groups in total. The molecule has 0 radical (unpaired) electrons. The average molecular weight is 467 g/mol. The molecule has 4 rings (SSSR count). The summed E-state index contributed by atoms with van der Waals surface area (Å²) in [5.41, 5.74) is 4.05. The zero-order valence-corrected chi connectivity index (χ0v) is 19.3. The van der Waals surface area contributed by atoms with Crippen molar-refractivity contribution in [2.75, 3.05) is 10.8 Å². The van der Waals surface area contributed by atoms with E-state index in [4.69, 9.17) is 0 Å². The van der Waals surface area contributed by atoms with E-state index in [1.54, 1.807) is 30.3 Å². The highest BCUT2D eigenvalue weighted by Crippen LogP contribution is 2.26. The maximum absolute atomic E-state index is 13.3. The molecule has 0 bridgehead atoms. The van der Waals surface area contributed by atoms with Crippen LogP contribution >= 0.6 is 0 Å². The van der Waals surface area contributed by atoms with Gasteiger partial charge in [-0.05, 0) is 85.7 Å². The minimum Gasteiger partial charge on any atom is -0.348 e. The number of benzene rings is 3. The van der Waals surface area contributed by atoms with Gasteiger partial charge < -0.3 is 5.32 Å². The number of nitrogens with zero attached hydrogens (tertiary/aromatic N) is 1. The number of amides is 1. The molecule has 1 amide bonds. The highest BCUT2D eigenvalue weighted by molar-refractivity contribution is 7.92. The Morgan fingerprint density at radius 3 is 2.33 bits per heavy atom. The number of anilines is 1. The molecule has 0 unspecified atom stereocenters. The molecule has 0 aromatic heterocycles. The van der Waals surface area contributed by atoms with E-state index in [2.05, 4.69) is 17.4 Å². The summed E-state index contributed by atoms with van der Waals surface area (Å²) < 4.78 is 41.0. The molecule has 172 valence electrons. The highest BCUT2D eigenvalue weighted by Gasteiger charge is 2.27. The second kappa shape index (κ2) is 9.75. The topological polar surface area (TPSA) is 66.5 Å². The fraction of sp³-hybridized carbons (Fsp3) is 0.269. The Labute approximate surface area is 194 Å². The summed E-state index contributed by atoms with van der Waals surface area (Å²) in [6.45, 7) is 1.50. The third kappa shape index (κ3) is 5.25. The second-order valence-corrected chi connectivity index (χ2v) is 10.2. The van der Waals surface area contributed by atoms with Crippen molar-refractivity contribution in [3.05, 3.63) is 95.3 Å². The summed E-state index contributed by atoms with van der Waals surface area (Å²) >= 11 is 0. The van der Waals surface area contributed by atoms with Gasteiger partial charge in [-0.15, -0.1) is 0 Å². The van der Waals surface area contributed by atoms with Crippen LogP contribution in [0.5, 0.6) is 0 Å². The Kier molecular flexibility index (Phi) is 6.79. The number of hydrogen-bond acceptors (Lipinski definition) is 3. The first kappa shape index (κ1) is 23.0. The van der Waals surface area contributed by atoms with Crippen LogP contribution in [0.15, 0.2) is 77.7 Å². The summed E-state index contributed by atoms with van der Waals surface area (Å²) in [6.07, 6.45) is 4.51. The molecular weight excluding hydrogens is 439 g/mol. The summed E-state index contributed by atoms with van der Waals surface area (Å²) in [5.74, 6) is -0.952. The third-order valence-electron chi connectivity index (χ3n) is 5.98. The normalized spacial score (nSPS) is 14.2. The molecule has 0 saturated heterocycles. The zero-order chi connectivity index (χ0) is 23.4. The maximum atomic E-state index is 13.3. The standard InChI is InChI=1S/C26H27FN2O3S/c1-19(21-12-11-20-7-5-6-8-22(20)17-21)28-26(30)18-29(24-9-3-2-4-10-24)33(31,32)25-15-13-23(27)14-16-25/h2-4,9-17,19H,5-8,18H2,1H3,(H,28,30)/t19-/m0/s1. The number of sulfonamides is 1. The first-order valence-electron chi connectivity index (χ1n) is 11.1. The van der Waals surface area contributed by atoms with Gasteiger partial charge in [0.2, 0.25) is 5.91 Å². The van der Waals surface area contributed by atoms with Crippen LogP contribution in [0.4, 0.5) is 10.1 Å². The number of halogens is 1. The molecule has 0 fully saturated rings. The predicted molar refractivity (Wildman–Crippen MR) is 127 cm³/mol. The van der Waals surface area contributed by atoms with Crippen molar-refractivity contribution in [3.63, 3.8) is 0 Å². The van der Waals surface area contributed by atoms with E-state index >= 15 is 0 Å². The third-order valence-corrected chi connectivity index (χ3v) is 7.77. The number of rotatable bonds is 7. The smallest absolute Gasteiger partial charge is 0.264 e. The van der Waals surface area contributed by atoms with Gasteiger partial charge in [0.05, 0.1) is 16.6 Å². The summed E-state index contributed by atoms with van der Waals surface area (Å²) in [4.78, 5) is 12.9. The molecular formula is C26H27FN2O3S.